The van der Waals surface area contributed by atoms with Crippen molar-refractivity contribution in [2.24, 2.45) is 5.41 Å². The van der Waals surface area contributed by atoms with Gasteiger partial charge in [-0.2, -0.15) is 9.50 Å². The number of rotatable bonds is 9. The summed E-state index contributed by atoms with van der Waals surface area (Å²) < 4.78 is 12.8. The molecule has 3 aromatic heterocycles. The maximum Gasteiger partial charge on any atom is 0.245 e. The van der Waals surface area contributed by atoms with Gasteiger partial charge in [-0.15, -0.1) is 5.10 Å². The summed E-state index contributed by atoms with van der Waals surface area (Å²) in [6.45, 7) is 8.35. The third-order valence-electron chi connectivity index (χ3n) is 8.96. The zero-order valence-electron chi connectivity index (χ0n) is 25.2. The zero-order valence-corrected chi connectivity index (χ0v) is 26.7. The van der Waals surface area contributed by atoms with E-state index < -0.39 is 0 Å². The third-order valence-corrected chi connectivity index (χ3v) is 9.71. The van der Waals surface area contributed by atoms with Crippen LogP contribution in [0.1, 0.15) is 31.5 Å². The van der Waals surface area contributed by atoms with E-state index in [2.05, 4.69) is 26.8 Å². The highest BCUT2D eigenvalue weighted by molar-refractivity contribution is 6.41. The number of amides is 1. The number of anilines is 1. The second-order valence-electron chi connectivity index (χ2n) is 11.5. The molecule has 13 heteroatoms. The number of likely N-dealkylation sites (tertiary alicyclic amines) is 2. The molecule has 0 saturated carbocycles. The van der Waals surface area contributed by atoms with Gasteiger partial charge in [0.15, 0.2) is 17.1 Å². The first-order valence-corrected chi connectivity index (χ1v) is 15.5. The molecule has 0 unspecified atom stereocenters. The van der Waals surface area contributed by atoms with Gasteiger partial charge in [0.25, 0.3) is 0 Å². The van der Waals surface area contributed by atoms with Crippen molar-refractivity contribution < 1.29 is 14.3 Å². The van der Waals surface area contributed by atoms with Gasteiger partial charge < -0.3 is 24.6 Å². The zero-order chi connectivity index (χ0) is 31.0. The smallest absolute Gasteiger partial charge is 0.245 e. The summed E-state index contributed by atoms with van der Waals surface area (Å²) in [6, 6.07) is 3.59. The number of fused-ring (bicyclic) bond motifs is 3. The van der Waals surface area contributed by atoms with E-state index in [1.807, 2.05) is 11.0 Å². The Kier molecular flexibility index (Phi) is 8.54. The van der Waals surface area contributed by atoms with Crippen LogP contribution in [0.2, 0.25) is 10.0 Å². The normalized spacial score (nSPS) is 16.6. The fourth-order valence-electron chi connectivity index (χ4n) is 6.50. The number of halogens is 2. The van der Waals surface area contributed by atoms with Gasteiger partial charge in [-0.05, 0) is 56.3 Å². The van der Waals surface area contributed by atoms with E-state index in [0.29, 0.717) is 67.6 Å². The molecule has 2 aliphatic rings. The Morgan fingerprint density at radius 2 is 1.77 bits per heavy atom. The Balaban J connectivity index is 1.27. The molecule has 1 spiro atoms. The number of ether oxygens (including phenoxy) is 2. The van der Waals surface area contributed by atoms with Gasteiger partial charge in [-0.25, -0.2) is 9.97 Å². The lowest BCUT2D eigenvalue weighted by molar-refractivity contribution is -0.128. The Labute approximate surface area is 266 Å². The van der Waals surface area contributed by atoms with Crippen molar-refractivity contribution in [1.82, 2.24) is 34.4 Å². The van der Waals surface area contributed by atoms with Gasteiger partial charge in [-0.3, -0.25) is 4.79 Å². The summed E-state index contributed by atoms with van der Waals surface area (Å²) in [6.07, 6.45) is 8.02. The Hall–Kier alpha value is -3.67. The molecule has 1 N–H and O–H groups in total. The largest absolute Gasteiger partial charge is 0.495 e. The van der Waals surface area contributed by atoms with E-state index in [0.717, 1.165) is 57.4 Å². The Morgan fingerprint density at radius 1 is 1.07 bits per heavy atom. The van der Waals surface area contributed by atoms with Crippen LogP contribution in [0.5, 0.6) is 11.5 Å². The van der Waals surface area contributed by atoms with Crippen molar-refractivity contribution in [3.8, 4) is 22.6 Å². The summed E-state index contributed by atoms with van der Waals surface area (Å²) in [5.74, 6) is 2.09. The number of aryl methyl sites for hydroxylation is 1. The molecule has 0 bridgehead atoms. The SMILES string of the molecule is C=CC(=O)N1CCC2(CCN(CCCc3nc4c(-c5c(Cl)c(OC)cc(OC)c5Cl)cc5cnc(NC)nc5n4n3)C2)CC1. The summed E-state index contributed by atoms with van der Waals surface area (Å²) in [4.78, 5) is 30.5. The van der Waals surface area contributed by atoms with Crippen LogP contribution >= 0.6 is 23.2 Å². The fraction of sp³-hybridized carbons (Fsp3) is 0.452. The average Bonchev–Trinajstić information content (AvgIpc) is 3.65. The molecule has 6 rings (SSSR count). The Morgan fingerprint density at radius 3 is 2.43 bits per heavy atom. The molecule has 1 amide bonds. The van der Waals surface area contributed by atoms with Gasteiger partial charge in [0.2, 0.25) is 11.9 Å². The number of nitrogens with zero attached hydrogens (tertiary/aromatic N) is 7. The second kappa shape index (κ2) is 12.4. The van der Waals surface area contributed by atoms with Crippen molar-refractivity contribution in [2.75, 3.05) is 59.3 Å². The molecule has 44 heavy (non-hydrogen) atoms. The molecule has 232 valence electrons. The monoisotopic (exact) mass is 638 g/mol. The van der Waals surface area contributed by atoms with Crippen LogP contribution in [0.25, 0.3) is 27.8 Å². The number of hydrogen-bond donors (Lipinski definition) is 1. The lowest BCUT2D eigenvalue weighted by Crippen LogP contribution is -2.43. The molecule has 0 aliphatic carbocycles. The van der Waals surface area contributed by atoms with E-state index in [9.17, 15) is 4.79 Å². The van der Waals surface area contributed by atoms with Crippen LogP contribution in [-0.2, 0) is 11.2 Å². The van der Waals surface area contributed by atoms with Crippen LogP contribution in [0.15, 0.2) is 31.0 Å². The van der Waals surface area contributed by atoms with Crippen molar-refractivity contribution in [3.63, 3.8) is 0 Å². The first-order chi connectivity index (χ1) is 21.3. The third kappa shape index (κ3) is 5.52. The van der Waals surface area contributed by atoms with Crippen LogP contribution in [0, 0.1) is 5.41 Å². The minimum absolute atomic E-state index is 0.0364. The maximum atomic E-state index is 12.0. The highest BCUT2D eigenvalue weighted by Crippen LogP contribution is 2.47. The van der Waals surface area contributed by atoms with Crippen LogP contribution < -0.4 is 14.8 Å². The first kappa shape index (κ1) is 30.4. The molecular formula is C31H36Cl2N8O3. The van der Waals surface area contributed by atoms with E-state index in [-0.39, 0.29) is 5.91 Å². The maximum absolute atomic E-state index is 12.0. The average molecular weight is 640 g/mol. The number of methoxy groups -OCH3 is 2. The van der Waals surface area contributed by atoms with Crippen molar-refractivity contribution in [1.29, 1.82) is 0 Å². The number of carbonyl (C=O) groups excluding carboxylic acids is 1. The highest BCUT2D eigenvalue weighted by atomic mass is 35.5. The number of piperidine rings is 1. The molecular weight excluding hydrogens is 603 g/mol. The summed E-state index contributed by atoms with van der Waals surface area (Å²) in [7, 11) is 4.87. The fourth-order valence-corrected chi connectivity index (χ4v) is 7.21. The lowest BCUT2D eigenvalue weighted by atomic mass is 9.78. The second-order valence-corrected chi connectivity index (χ2v) is 12.2. The van der Waals surface area contributed by atoms with Crippen LogP contribution in [-0.4, -0.2) is 94.3 Å². The number of nitrogens with one attached hydrogen (secondary N) is 1. The van der Waals surface area contributed by atoms with Crippen LogP contribution in [0.3, 0.4) is 0 Å². The van der Waals surface area contributed by atoms with E-state index >= 15 is 0 Å². The summed E-state index contributed by atoms with van der Waals surface area (Å²) in [5, 5.41) is 9.34. The number of carbonyl (C=O) groups is 1. The predicted molar refractivity (Wildman–Crippen MR) is 172 cm³/mol. The number of aromatic nitrogens is 5. The van der Waals surface area contributed by atoms with Gasteiger partial charge in [0, 0.05) is 61.9 Å². The topological polar surface area (TPSA) is 110 Å². The molecule has 2 fully saturated rings. The molecule has 0 atom stereocenters. The molecule has 11 nitrogen and oxygen atoms in total. The van der Waals surface area contributed by atoms with Crippen molar-refractivity contribution in [3.05, 3.63) is 46.9 Å². The minimum Gasteiger partial charge on any atom is -0.495 e. The van der Waals surface area contributed by atoms with Gasteiger partial charge in [0.1, 0.15) is 11.5 Å². The number of pyridine rings is 1. The molecule has 4 aromatic rings. The predicted octanol–water partition coefficient (Wildman–Crippen LogP) is 5.14. The van der Waals surface area contributed by atoms with E-state index in [4.69, 9.17) is 42.8 Å². The van der Waals surface area contributed by atoms with Gasteiger partial charge in [0.05, 0.1) is 24.3 Å². The Bertz CT molecular complexity index is 1710. The molecule has 2 saturated heterocycles. The summed E-state index contributed by atoms with van der Waals surface area (Å²) >= 11 is 13.7. The van der Waals surface area contributed by atoms with Crippen molar-refractivity contribution in [2.45, 2.75) is 32.1 Å². The summed E-state index contributed by atoms with van der Waals surface area (Å²) in [5.41, 5.74) is 2.71. The number of benzene rings is 1. The van der Waals surface area contributed by atoms with Gasteiger partial charge >= 0.3 is 0 Å². The van der Waals surface area contributed by atoms with Crippen LogP contribution in [0.4, 0.5) is 5.95 Å². The van der Waals surface area contributed by atoms with Gasteiger partial charge in [-0.1, -0.05) is 29.8 Å². The molecule has 0 radical (unpaired) electrons. The quantitative estimate of drug-likeness (QED) is 0.249. The lowest BCUT2D eigenvalue weighted by Gasteiger charge is -2.39. The van der Waals surface area contributed by atoms with Crippen molar-refractivity contribution >= 4 is 51.7 Å². The van der Waals surface area contributed by atoms with E-state index in [1.165, 1.54) is 12.5 Å². The first-order valence-electron chi connectivity index (χ1n) is 14.8. The number of hydrogen-bond acceptors (Lipinski definition) is 9. The highest BCUT2D eigenvalue weighted by Gasteiger charge is 2.40. The minimum atomic E-state index is 0.0364. The molecule has 5 heterocycles. The van der Waals surface area contributed by atoms with E-state index in [1.54, 1.807) is 38.0 Å². The standard InChI is InChI=1S/C31H36Cl2N8O3/c1-5-24(42)40-13-9-31(10-14-40)8-12-39(18-31)11-6-7-23-36-29-20(25-26(32)21(43-3)16-22(44-4)27(25)33)15-19-17-35-30(34-2)37-28(19)41(29)38-23/h5,15-17H,1,6-14,18H2,2-4H3,(H,34,35,37). The molecule has 1 aromatic carbocycles. The molecule has 2 aliphatic heterocycles.